The van der Waals surface area contributed by atoms with Crippen molar-refractivity contribution in [1.29, 1.82) is 0 Å². The molecule has 5 nitrogen and oxygen atoms in total. The van der Waals surface area contributed by atoms with Crippen molar-refractivity contribution in [2.45, 2.75) is 54.3 Å². The van der Waals surface area contributed by atoms with Gasteiger partial charge in [0, 0.05) is 27.3 Å². The first-order valence-electron chi connectivity index (χ1n) is 11.3. The van der Waals surface area contributed by atoms with Crippen molar-refractivity contribution in [2.75, 3.05) is 0 Å². The molecule has 178 valence electrons. The maximum absolute atomic E-state index is 6.10. The fraction of sp³-hybridized carbons (Fsp3) is 0.269. The van der Waals surface area contributed by atoms with Crippen LogP contribution in [0.15, 0.2) is 69.4 Å². The molecule has 1 aliphatic rings. The first kappa shape index (κ1) is 23.5. The highest BCUT2D eigenvalue weighted by Crippen LogP contribution is 2.42. The summed E-state index contributed by atoms with van der Waals surface area (Å²) in [5.74, 6) is 1.65. The summed E-state index contributed by atoms with van der Waals surface area (Å²) in [5.41, 5.74) is 4.53. The molecule has 6 rings (SSSR count). The Morgan fingerprint density at radius 3 is 2.46 bits per heavy atom. The van der Waals surface area contributed by atoms with Gasteiger partial charge in [-0.15, -0.1) is 21.5 Å². The lowest BCUT2D eigenvalue weighted by Gasteiger charge is -2.30. The Hall–Kier alpha value is -1.91. The Balaban J connectivity index is 1.44. The van der Waals surface area contributed by atoms with Gasteiger partial charge in [0.15, 0.2) is 16.0 Å². The van der Waals surface area contributed by atoms with Gasteiger partial charge in [0.25, 0.3) is 0 Å². The van der Waals surface area contributed by atoms with E-state index in [1.165, 1.54) is 21.6 Å². The van der Waals surface area contributed by atoms with Gasteiger partial charge in [-0.1, -0.05) is 81.9 Å². The summed E-state index contributed by atoms with van der Waals surface area (Å²) in [7, 11) is 0. The Labute approximate surface area is 224 Å². The molecule has 0 fully saturated rings. The fourth-order valence-electron chi connectivity index (χ4n) is 4.23. The summed E-state index contributed by atoms with van der Waals surface area (Å²) >= 11 is 8.68. The van der Waals surface area contributed by atoms with Gasteiger partial charge >= 0.3 is 0 Å². The van der Waals surface area contributed by atoms with Gasteiger partial charge in [0.05, 0.1) is 17.6 Å². The van der Waals surface area contributed by atoms with Crippen LogP contribution in [-0.4, -0.2) is 25.2 Å². The van der Waals surface area contributed by atoms with Gasteiger partial charge in [0.1, 0.15) is 4.83 Å². The van der Waals surface area contributed by atoms with Gasteiger partial charge in [-0.05, 0) is 42.7 Å². The molecule has 35 heavy (non-hydrogen) atoms. The zero-order valence-electron chi connectivity index (χ0n) is 19.3. The Kier molecular flexibility index (Phi) is 6.39. The molecule has 0 aliphatic carbocycles. The molecular formula is C26H23BrN4OS3. The number of thiophene rings is 1. The third kappa shape index (κ3) is 4.76. The average Bonchev–Trinajstić information content (AvgIpc) is 3.43. The van der Waals surface area contributed by atoms with E-state index in [4.69, 9.17) is 14.8 Å². The molecule has 0 bridgehead atoms. The van der Waals surface area contributed by atoms with E-state index in [1.807, 2.05) is 6.07 Å². The van der Waals surface area contributed by atoms with Crippen LogP contribution >= 0.6 is 50.8 Å². The maximum atomic E-state index is 6.10. The molecule has 0 saturated heterocycles. The molecule has 0 saturated carbocycles. The quantitative estimate of drug-likeness (QED) is 0.152. The Bertz CT molecular complexity index is 1510. The van der Waals surface area contributed by atoms with E-state index < -0.39 is 0 Å². The number of nitrogens with zero attached hydrogens (tertiary/aromatic N) is 4. The van der Waals surface area contributed by atoms with Gasteiger partial charge in [-0.25, -0.2) is 9.38 Å². The van der Waals surface area contributed by atoms with Crippen LogP contribution in [0.1, 0.15) is 35.4 Å². The number of benzene rings is 2. The van der Waals surface area contributed by atoms with Crippen LogP contribution in [0, 0.1) is 0 Å². The summed E-state index contributed by atoms with van der Waals surface area (Å²) < 4.78 is 9.34. The second-order valence-corrected chi connectivity index (χ2v) is 13.0. The standard InChI is InChI=1S/C26H23BrN4OS3/c1-26(2)12-19-20(13-32-26)35-23-21(19)22-29-30-25(34-15-17-8-10-18(27)11-9-17)31(22)24(28-23)33-14-16-6-4-3-5-7-16/h3-11H,12-15H2,1-2H3. The Morgan fingerprint density at radius 1 is 0.971 bits per heavy atom. The summed E-state index contributed by atoms with van der Waals surface area (Å²) in [6.07, 6.45) is 0.852. The number of hydrogen-bond acceptors (Lipinski definition) is 7. The number of ether oxygens (including phenoxy) is 1. The van der Waals surface area contributed by atoms with Crippen molar-refractivity contribution in [3.05, 3.63) is 80.6 Å². The van der Waals surface area contributed by atoms with Crippen LogP contribution in [0.4, 0.5) is 0 Å². The van der Waals surface area contributed by atoms with Gasteiger partial charge in [0.2, 0.25) is 0 Å². The lowest BCUT2D eigenvalue weighted by Crippen LogP contribution is -2.31. The van der Waals surface area contributed by atoms with E-state index in [1.54, 1.807) is 34.9 Å². The predicted molar refractivity (Wildman–Crippen MR) is 148 cm³/mol. The van der Waals surface area contributed by atoms with E-state index in [0.29, 0.717) is 6.61 Å². The molecule has 3 aromatic heterocycles. The van der Waals surface area contributed by atoms with E-state index in [9.17, 15) is 0 Å². The monoisotopic (exact) mass is 582 g/mol. The minimum atomic E-state index is -0.197. The molecule has 0 radical (unpaired) electrons. The van der Waals surface area contributed by atoms with Crippen LogP contribution < -0.4 is 0 Å². The molecular weight excluding hydrogens is 560 g/mol. The maximum Gasteiger partial charge on any atom is 0.198 e. The lowest BCUT2D eigenvalue weighted by molar-refractivity contribution is -0.0379. The normalized spacial score (nSPS) is 15.1. The second kappa shape index (κ2) is 9.52. The summed E-state index contributed by atoms with van der Waals surface area (Å²) in [5, 5.41) is 12.3. The van der Waals surface area contributed by atoms with Crippen molar-refractivity contribution in [3.63, 3.8) is 0 Å². The highest BCUT2D eigenvalue weighted by Gasteiger charge is 2.31. The molecule has 9 heteroatoms. The van der Waals surface area contributed by atoms with E-state index in [2.05, 4.69) is 87.8 Å². The average molecular weight is 584 g/mol. The van der Waals surface area contributed by atoms with E-state index in [0.717, 1.165) is 48.6 Å². The van der Waals surface area contributed by atoms with Crippen molar-refractivity contribution in [2.24, 2.45) is 0 Å². The van der Waals surface area contributed by atoms with Crippen LogP contribution in [0.3, 0.4) is 0 Å². The molecule has 0 unspecified atom stereocenters. The van der Waals surface area contributed by atoms with Crippen LogP contribution in [-0.2, 0) is 29.3 Å². The van der Waals surface area contributed by atoms with Crippen molar-refractivity contribution < 1.29 is 4.74 Å². The third-order valence-corrected chi connectivity index (χ3v) is 9.64. The highest BCUT2D eigenvalue weighted by molar-refractivity contribution is 9.10. The number of rotatable bonds is 6. The minimum absolute atomic E-state index is 0.197. The number of fused-ring (bicyclic) bond motifs is 5. The van der Waals surface area contributed by atoms with Gasteiger partial charge < -0.3 is 4.74 Å². The summed E-state index contributed by atoms with van der Waals surface area (Å²) in [6, 6.07) is 18.9. The molecule has 1 aliphatic heterocycles. The van der Waals surface area contributed by atoms with Crippen molar-refractivity contribution in [1.82, 2.24) is 19.6 Å². The molecule has 2 aromatic carbocycles. The largest absolute Gasteiger partial charge is 0.370 e. The third-order valence-electron chi connectivity index (χ3n) is 6.01. The topological polar surface area (TPSA) is 52.3 Å². The number of aromatic nitrogens is 4. The first-order chi connectivity index (χ1) is 17.0. The zero-order chi connectivity index (χ0) is 24.0. The molecule has 0 N–H and O–H groups in total. The molecule has 0 amide bonds. The lowest BCUT2D eigenvalue weighted by atomic mass is 9.94. The van der Waals surface area contributed by atoms with Crippen LogP contribution in [0.2, 0.25) is 0 Å². The zero-order valence-corrected chi connectivity index (χ0v) is 23.4. The minimum Gasteiger partial charge on any atom is -0.370 e. The molecule has 0 atom stereocenters. The first-order valence-corrected chi connectivity index (χ1v) is 14.9. The smallest absolute Gasteiger partial charge is 0.198 e. The van der Waals surface area contributed by atoms with Crippen molar-refractivity contribution >= 4 is 66.7 Å². The SMILES string of the molecule is CC1(C)Cc2c(sc3nc(SCc4ccccc4)n4c(SCc5ccc(Br)cc5)nnc4c23)CO1. The molecule has 5 aromatic rings. The number of halogens is 1. The van der Waals surface area contributed by atoms with Gasteiger partial charge in [-0.2, -0.15) is 0 Å². The summed E-state index contributed by atoms with van der Waals surface area (Å²) in [6.45, 7) is 4.93. The molecule has 0 spiro atoms. The van der Waals surface area contributed by atoms with Crippen molar-refractivity contribution in [3.8, 4) is 0 Å². The number of thioether (sulfide) groups is 2. The number of hydrogen-bond donors (Lipinski definition) is 0. The van der Waals surface area contributed by atoms with Crippen LogP contribution in [0.5, 0.6) is 0 Å². The second-order valence-electron chi connectivity index (χ2n) is 9.13. The van der Waals surface area contributed by atoms with E-state index in [-0.39, 0.29) is 5.60 Å². The highest BCUT2D eigenvalue weighted by atomic mass is 79.9. The van der Waals surface area contributed by atoms with Crippen LogP contribution in [0.25, 0.3) is 15.9 Å². The fourth-order valence-corrected chi connectivity index (χ4v) is 7.54. The summed E-state index contributed by atoms with van der Waals surface area (Å²) in [4.78, 5) is 7.44. The predicted octanol–water partition coefficient (Wildman–Crippen LogP) is 7.54. The molecule has 4 heterocycles. The van der Waals surface area contributed by atoms with Gasteiger partial charge in [-0.3, -0.25) is 0 Å². The Morgan fingerprint density at radius 2 is 1.69 bits per heavy atom. The van der Waals surface area contributed by atoms with E-state index >= 15 is 0 Å².